The highest BCUT2D eigenvalue weighted by molar-refractivity contribution is 5.93. The Labute approximate surface area is 188 Å². The Balaban J connectivity index is 1.51. The fourth-order valence-corrected chi connectivity index (χ4v) is 5.46. The van der Waals surface area contributed by atoms with Gasteiger partial charge in [0.05, 0.1) is 13.2 Å². The largest absolute Gasteiger partial charge is 0.497 e. The summed E-state index contributed by atoms with van der Waals surface area (Å²) in [5, 5.41) is 2.59. The quantitative estimate of drug-likeness (QED) is 0.325. The van der Waals surface area contributed by atoms with Crippen molar-refractivity contribution in [3.8, 4) is 17.0 Å². The molecule has 2 heterocycles. The molecule has 0 aliphatic heterocycles. The molecule has 160 valence electrons. The van der Waals surface area contributed by atoms with Crippen molar-refractivity contribution in [1.29, 1.82) is 0 Å². The molecule has 1 N–H and O–H groups in total. The highest BCUT2D eigenvalue weighted by atomic mass is 16.5. The molecule has 0 spiro atoms. The van der Waals surface area contributed by atoms with Crippen molar-refractivity contribution in [2.75, 3.05) is 7.11 Å². The third kappa shape index (κ3) is 3.03. The van der Waals surface area contributed by atoms with E-state index in [1.165, 1.54) is 58.8 Å². The van der Waals surface area contributed by atoms with Gasteiger partial charge in [0, 0.05) is 33.2 Å². The van der Waals surface area contributed by atoms with E-state index in [4.69, 9.17) is 4.74 Å². The molecule has 0 saturated carbocycles. The summed E-state index contributed by atoms with van der Waals surface area (Å²) in [5.74, 6) is 0.888. The lowest BCUT2D eigenvalue weighted by atomic mass is 9.94. The molecule has 2 aromatic heterocycles. The predicted octanol–water partition coefficient (Wildman–Crippen LogP) is 7.29. The lowest BCUT2D eigenvalue weighted by Crippen LogP contribution is -2.13. The summed E-state index contributed by atoms with van der Waals surface area (Å²) in [5.41, 5.74) is 9.34. The summed E-state index contributed by atoms with van der Waals surface area (Å²) < 4.78 is 8.00. The molecule has 0 unspecified atom stereocenters. The number of ether oxygens (including phenoxy) is 1. The van der Waals surface area contributed by atoms with Crippen molar-refractivity contribution in [3.63, 3.8) is 0 Å². The van der Waals surface area contributed by atoms with Gasteiger partial charge in [-0.3, -0.25) is 0 Å². The molecule has 1 aliphatic carbocycles. The summed E-state index contributed by atoms with van der Waals surface area (Å²) >= 11 is 0. The maximum Gasteiger partial charge on any atom is 0.119 e. The van der Waals surface area contributed by atoms with Gasteiger partial charge < -0.3 is 14.3 Å². The maximum absolute atomic E-state index is 5.40. The van der Waals surface area contributed by atoms with Gasteiger partial charge in [-0.05, 0) is 85.7 Å². The van der Waals surface area contributed by atoms with Gasteiger partial charge in [-0.2, -0.15) is 0 Å². The van der Waals surface area contributed by atoms with Crippen molar-refractivity contribution in [2.45, 2.75) is 38.6 Å². The van der Waals surface area contributed by atoms with Gasteiger partial charge in [0.2, 0.25) is 0 Å². The first kappa shape index (κ1) is 19.2. The van der Waals surface area contributed by atoms with Crippen molar-refractivity contribution in [3.05, 3.63) is 89.6 Å². The first-order valence-corrected chi connectivity index (χ1v) is 11.6. The van der Waals surface area contributed by atoms with Crippen LogP contribution in [0.3, 0.4) is 0 Å². The second kappa shape index (κ2) is 7.59. The van der Waals surface area contributed by atoms with Crippen molar-refractivity contribution >= 4 is 21.8 Å². The highest BCUT2D eigenvalue weighted by Crippen LogP contribution is 2.38. The van der Waals surface area contributed by atoms with E-state index < -0.39 is 0 Å². The van der Waals surface area contributed by atoms with Crippen LogP contribution in [0.15, 0.2) is 72.8 Å². The Morgan fingerprint density at radius 3 is 2.59 bits per heavy atom. The van der Waals surface area contributed by atoms with Crippen molar-refractivity contribution in [1.82, 2.24) is 9.55 Å². The summed E-state index contributed by atoms with van der Waals surface area (Å²) in [7, 11) is 1.72. The normalized spacial score (nSPS) is 14.6. The zero-order chi connectivity index (χ0) is 21.7. The van der Waals surface area contributed by atoms with E-state index in [2.05, 4.69) is 83.2 Å². The van der Waals surface area contributed by atoms with Gasteiger partial charge in [-0.15, -0.1) is 0 Å². The first-order valence-electron chi connectivity index (χ1n) is 11.6. The van der Waals surface area contributed by atoms with Gasteiger partial charge in [0.25, 0.3) is 0 Å². The number of methoxy groups -OCH3 is 1. The van der Waals surface area contributed by atoms with Crippen LogP contribution in [0.2, 0.25) is 0 Å². The molecule has 6 rings (SSSR count). The van der Waals surface area contributed by atoms with Crippen LogP contribution < -0.4 is 4.74 Å². The molecule has 32 heavy (non-hydrogen) atoms. The number of aromatic amines is 1. The summed E-state index contributed by atoms with van der Waals surface area (Å²) in [6, 6.07) is 26.6. The van der Waals surface area contributed by atoms with Gasteiger partial charge in [0.1, 0.15) is 5.75 Å². The number of hydrogen-bond acceptors (Lipinski definition) is 1. The van der Waals surface area contributed by atoms with Crippen LogP contribution in [0.4, 0.5) is 0 Å². The predicted molar refractivity (Wildman–Crippen MR) is 133 cm³/mol. The first-order chi connectivity index (χ1) is 15.7. The fraction of sp³-hybridized carbons (Fsp3) is 0.241. The van der Waals surface area contributed by atoms with Crippen LogP contribution in [0.5, 0.6) is 5.75 Å². The summed E-state index contributed by atoms with van der Waals surface area (Å²) in [4.78, 5) is 3.60. The SMILES string of the molecule is COc1ccc2[nH]c(-c3ccc4c(c3)c3c(n4[C@H](C)c4ccccc4)CCCC3)cc2c1. The molecule has 0 radical (unpaired) electrons. The Kier molecular flexibility index (Phi) is 4.57. The Morgan fingerprint density at radius 2 is 1.75 bits per heavy atom. The number of nitrogens with one attached hydrogen (secondary N) is 1. The zero-order valence-corrected chi connectivity index (χ0v) is 18.7. The van der Waals surface area contributed by atoms with E-state index in [0.717, 1.165) is 17.0 Å². The highest BCUT2D eigenvalue weighted by Gasteiger charge is 2.23. The number of hydrogen-bond donors (Lipinski definition) is 1. The smallest absolute Gasteiger partial charge is 0.119 e. The van der Waals surface area contributed by atoms with E-state index >= 15 is 0 Å². The van der Waals surface area contributed by atoms with Crippen LogP contribution in [0.1, 0.15) is 42.6 Å². The minimum atomic E-state index is 0.326. The Hall–Kier alpha value is -3.46. The third-order valence-electron chi connectivity index (χ3n) is 7.12. The van der Waals surface area contributed by atoms with Gasteiger partial charge in [-0.1, -0.05) is 36.4 Å². The van der Waals surface area contributed by atoms with Crippen LogP contribution in [-0.2, 0) is 12.8 Å². The topological polar surface area (TPSA) is 29.9 Å². The minimum absolute atomic E-state index is 0.326. The van der Waals surface area contributed by atoms with Crippen LogP contribution in [-0.4, -0.2) is 16.7 Å². The number of aryl methyl sites for hydroxylation is 1. The van der Waals surface area contributed by atoms with E-state index in [0.29, 0.717) is 6.04 Å². The molecular formula is C29H28N2O. The summed E-state index contributed by atoms with van der Waals surface area (Å²) in [6.45, 7) is 2.34. The number of rotatable bonds is 4. The zero-order valence-electron chi connectivity index (χ0n) is 18.7. The molecule has 0 saturated heterocycles. The Morgan fingerprint density at radius 1 is 0.906 bits per heavy atom. The van der Waals surface area contributed by atoms with Crippen molar-refractivity contribution < 1.29 is 4.74 Å². The van der Waals surface area contributed by atoms with Gasteiger partial charge in [0.15, 0.2) is 0 Å². The lowest BCUT2D eigenvalue weighted by molar-refractivity contribution is 0.415. The molecule has 3 heteroatoms. The minimum Gasteiger partial charge on any atom is -0.497 e. The van der Waals surface area contributed by atoms with Gasteiger partial charge >= 0.3 is 0 Å². The molecule has 1 aliphatic rings. The number of benzene rings is 3. The molecule has 3 aromatic carbocycles. The van der Waals surface area contributed by atoms with Crippen molar-refractivity contribution in [2.24, 2.45) is 0 Å². The summed E-state index contributed by atoms with van der Waals surface area (Å²) in [6.07, 6.45) is 4.90. The lowest BCUT2D eigenvalue weighted by Gasteiger charge is -2.22. The molecule has 3 nitrogen and oxygen atoms in total. The third-order valence-corrected chi connectivity index (χ3v) is 7.12. The van der Waals surface area contributed by atoms with Crippen LogP contribution >= 0.6 is 0 Å². The second-order valence-corrected chi connectivity index (χ2v) is 8.96. The number of H-pyrrole nitrogens is 1. The molecule has 1 atom stereocenters. The molecular weight excluding hydrogens is 392 g/mol. The van der Waals surface area contributed by atoms with E-state index in [1.54, 1.807) is 12.7 Å². The molecule has 0 fully saturated rings. The maximum atomic E-state index is 5.40. The number of aromatic nitrogens is 2. The molecule has 0 amide bonds. The number of fused-ring (bicyclic) bond motifs is 4. The second-order valence-electron chi connectivity index (χ2n) is 8.96. The fourth-order valence-electron chi connectivity index (χ4n) is 5.46. The van der Waals surface area contributed by atoms with Crippen LogP contribution in [0, 0.1) is 0 Å². The average molecular weight is 421 g/mol. The van der Waals surface area contributed by atoms with Gasteiger partial charge in [-0.25, -0.2) is 0 Å². The number of nitrogens with zero attached hydrogens (tertiary/aromatic N) is 1. The molecule has 5 aromatic rings. The van der Waals surface area contributed by atoms with Crippen LogP contribution in [0.25, 0.3) is 33.1 Å². The van der Waals surface area contributed by atoms with E-state index in [9.17, 15) is 0 Å². The standard InChI is InChI=1S/C29H28N2O/c1-19(20-8-4-3-5-9-20)31-28-11-7-6-10-24(28)25-17-21(12-15-29(25)31)27-18-22-16-23(32-2)13-14-26(22)30-27/h3-5,8-9,12-19,30H,6-7,10-11H2,1-2H3/t19-/m1/s1. The van der Waals surface area contributed by atoms with E-state index in [1.807, 2.05) is 6.07 Å². The monoisotopic (exact) mass is 420 g/mol. The average Bonchev–Trinajstić information content (AvgIpc) is 3.42. The molecule has 0 bridgehead atoms. The Bertz CT molecular complexity index is 1420. The van der Waals surface area contributed by atoms with E-state index in [-0.39, 0.29) is 0 Å².